The van der Waals surface area contributed by atoms with Crippen LogP contribution in [0.15, 0.2) is 4.99 Å². The highest BCUT2D eigenvalue weighted by Crippen LogP contribution is 2.54. The molecule has 0 amide bonds. The van der Waals surface area contributed by atoms with Crippen molar-refractivity contribution in [1.29, 1.82) is 0 Å². The summed E-state index contributed by atoms with van der Waals surface area (Å²) in [5.74, 6) is 3.24. The molecule has 114 valence electrons. The number of rotatable bonds is 1. The molecule has 4 saturated carbocycles. The van der Waals surface area contributed by atoms with E-state index in [2.05, 4.69) is 11.3 Å². The Morgan fingerprint density at radius 3 is 1.75 bits per heavy atom. The van der Waals surface area contributed by atoms with Crippen LogP contribution in [-0.2, 0) is 0 Å². The van der Waals surface area contributed by atoms with Gasteiger partial charge in [-0.25, -0.2) is 4.99 Å². The van der Waals surface area contributed by atoms with E-state index in [9.17, 15) is 17.3 Å². The van der Waals surface area contributed by atoms with Crippen LogP contribution in [0.4, 0.5) is 17.3 Å². The first-order valence-electron chi connectivity index (χ1n) is 7.57. The fraction of sp³-hybridized carbons (Fsp3) is 0.923. The van der Waals surface area contributed by atoms with E-state index < -0.39 is 7.25 Å². The second-order valence-corrected chi connectivity index (χ2v) is 7.00. The largest absolute Gasteiger partial charge is 0.673 e. The van der Waals surface area contributed by atoms with E-state index in [1.807, 2.05) is 0 Å². The van der Waals surface area contributed by atoms with Gasteiger partial charge < -0.3 is 17.3 Å². The first-order valence-corrected chi connectivity index (χ1v) is 7.57. The topological polar surface area (TPSA) is 16.8 Å². The quantitative estimate of drug-likeness (QED) is 0.563. The molecule has 4 fully saturated rings. The van der Waals surface area contributed by atoms with Gasteiger partial charge in [0.1, 0.15) is 12.1 Å². The highest BCUT2D eigenvalue weighted by Gasteiger charge is 2.56. The predicted octanol–water partition coefficient (Wildman–Crippen LogP) is 2.18. The molecule has 0 aromatic carbocycles. The molecule has 0 radical (unpaired) electrons. The average Bonchev–Trinajstić information content (AvgIpc) is 2.77. The molecule has 1 aliphatic heterocycles. The Hall–Kier alpha value is -0.585. The fourth-order valence-corrected chi connectivity index (χ4v) is 5.33. The highest BCUT2D eigenvalue weighted by molar-refractivity contribution is 6.50. The summed E-state index contributed by atoms with van der Waals surface area (Å²) in [6.07, 6.45) is 11.5. The van der Waals surface area contributed by atoms with Gasteiger partial charge in [0.15, 0.2) is 6.34 Å². The molecule has 0 aromatic heterocycles. The predicted molar refractivity (Wildman–Crippen MR) is 70.3 cm³/mol. The Morgan fingerprint density at radius 2 is 1.40 bits per heavy atom. The number of quaternary nitrogens is 1. The van der Waals surface area contributed by atoms with Crippen LogP contribution in [0.25, 0.3) is 0 Å². The third kappa shape index (κ3) is 3.02. The summed E-state index contributed by atoms with van der Waals surface area (Å²) in [5, 5.41) is 0. The summed E-state index contributed by atoms with van der Waals surface area (Å²) >= 11 is 0. The van der Waals surface area contributed by atoms with E-state index in [4.69, 9.17) is 0 Å². The van der Waals surface area contributed by atoms with Crippen molar-refractivity contribution in [2.24, 2.45) is 22.7 Å². The molecule has 1 unspecified atom stereocenters. The van der Waals surface area contributed by atoms with Crippen LogP contribution >= 0.6 is 0 Å². The van der Waals surface area contributed by atoms with E-state index in [0.717, 1.165) is 24.3 Å². The number of hydrogen-bond acceptors (Lipinski definition) is 1. The number of hydrogen-bond donors (Lipinski definition) is 1. The summed E-state index contributed by atoms with van der Waals surface area (Å²) in [6, 6.07) is 0. The molecular formula is C13H21BF4N2. The van der Waals surface area contributed by atoms with Crippen LogP contribution in [0, 0.1) is 17.8 Å². The van der Waals surface area contributed by atoms with Crippen LogP contribution in [0.1, 0.15) is 38.5 Å². The Labute approximate surface area is 116 Å². The molecule has 4 aliphatic carbocycles. The SMILES string of the molecule is C1=NCC[NH+]1C12CC3CC(CC(C3)C1)C2.F[B-](F)(F)F. The van der Waals surface area contributed by atoms with Gasteiger partial charge in [-0.1, -0.05) is 0 Å². The van der Waals surface area contributed by atoms with E-state index >= 15 is 0 Å². The molecule has 0 saturated heterocycles. The van der Waals surface area contributed by atoms with Crippen molar-refractivity contribution in [3.8, 4) is 0 Å². The Morgan fingerprint density at radius 1 is 0.950 bits per heavy atom. The molecule has 2 nitrogen and oxygen atoms in total. The summed E-state index contributed by atoms with van der Waals surface area (Å²) < 4.78 is 39.0. The molecule has 1 heterocycles. The van der Waals surface area contributed by atoms with Gasteiger partial charge >= 0.3 is 7.25 Å². The van der Waals surface area contributed by atoms with Crippen molar-refractivity contribution in [3.05, 3.63) is 0 Å². The van der Waals surface area contributed by atoms with Gasteiger partial charge in [0.25, 0.3) is 0 Å². The molecule has 4 bridgehead atoms. The first kappa shape index (κ1) is 14.4. The van der Waals surface area contributed by atoms with E-state index in [1.165, 1.54) is 25.8 Å². The van der Waals surface area contributed by atoms with Crippen molar-refractivity contribution in [3.63, 3.8) is 0 Å². The first-order chi connectivity index (χ1) is 9.34. The zero-order valence-corrected chi connectivity index (χ0v) is 11.5. The molecule has 1 N–H and O–H groups in total. The summed E-state index contributed by atoms with van der Waals surface area (Å²) in [4.78, 5) is 6.20. The number of nitrogens with zero attached hydrogens (tertiary/aromatic N) is 1. The van der Waals surface area contributed by atoms with Crippen LogP contribution in [-0.4, -0.2) is 32.2 Å². The van der Waals surface area contributed by atoms with Crippen molar-refractivity contribution in [2.45, 2.75) is 44.1 Å². The van der Waals surface area contributed by atoms with Gasteiger partial charge in [-0.15, -0.1) is 0 Å². The summed E-state index contributed by atoms with van der Waals surface area (Å²) in [5.41, 5.74) is 0.648. The molecule has 5 rings (SSSR count). The Kier molecular flexibility index (Phi) is 3.59. The summed E-state index contributed by atoms with van der Waals surface area (Å²) in [7, 11) is -6.00. The Balaban J connectivity index is 0.000000213. The maximum absolute atomic E-state index is 9.75. The van der Waals surface area contributed by atoms with Crippen LogP contribution in [0.2, 0.25) is 0 Å². The Bertz CT molecular complexity index is 355. The van der Waals surface area contributed by atoms with E-state index in [0.29, 0.717) is 5.54 Å². The molecule has 7 heteroatoms. The standard InChI is InChI=1S/C13H20N2.BF4/c1-2-15(9-14-1)13-6-10-3-11(7-13)5-12(4-10)8-13;2-1(3,4)5/h9-12H,1-8H2;/q;-1/p+1. The third-order valence-electron chi connectivity index (χ3n) is 5.48. The van der Waals surface area contributed by atoms with Crippen LogP contribution < -0.4 is 4.90 Å². The lowest BCUT2D eigenvalue weighted by Crippen LogP contribution is -3.19. The molecule has 5 aliphatic rings. The van der Waals surface area contributed by atoms with Gasteiger partial charge in [0.2, 0.25) is 0 Å². The van der Waals surface area contributed by atoms with Crippen molar-refractivity contribution < 1.29 is 22.2 Å². The molecule has 1 atom stereocenters. The van der Waals surface area contributed by atoms with Crippen molar-refractivity contribution in [1.82, 2.24) is 0 Å². The minimum Gasteiger partial charge on any atom is -0.418 e. The maximum atomic E-state index is 9.75. The van der Waals surface area contributed by atoms with Crippen LogP contribution in [0.3, 0.4) is 0 Å². The van der Waals surface area contributed by atoms with Crippen molar-refractivity contribution in [2.75, 3.05) is 13.1 Å². The lowest BCUT2D eigenvalue weighted by molar-refractivity contribution is -0.861. The van der Waals surface area contributed by atoms with Gasteiger partial charge in [0.05, 0.1) is 6.54 Å². The highest BCUT2D eigenvalue weighted by atomic mass is 19.5. The zero-order chi connectivity index (χ0) is 14.4. The number of nitrogens with one attached hydrogen (secondary N) is 1. The third-order valence-corrected chi connectivity index (χ3v) is 5.48. The molecule has 20 heavy (non-hydrogen) atoms. The second-order valence-electron chi connectivity index (χ2n) is 7.00. The summed E-state index contributed by atoms with van der Waals surface area (Å²) in [6.45, 7) is 2.36. The lowest BCUT2D eigenvalue weighted by Gasteiger charge is -2.56. The van der Waals surface area contributed by atoms with Gasteiger partial charge in [0, 0.05) is 19.3 Å². The van der Waals surface area contributed by atoms with Crippen molar-refractivity contribution >= 4 is 13.6 Å². The maximum Gasteiger partial charge on any atom is 0.673 e. The molecule has 0 spiro atoms. The minimum atomic E-state index is -6.00. The minimum absolute atomic E-state index is 0.648. The molecule has 0 aromatic rings. The number of halogens is 4. The van der Waals surface area contributed by atoms with E-state index in [-0.39, 0.29) is 0 Å². The van der Waals surface area contributed by atoms with Crippen LogP contribution in [0.5, 0.6) is 0 Å². The van der Waals surface area contributed by atoms with Gasteiger partial charge in [-0.2, -0.15) is 0 Å². The van der Waals surface area contributed by atoms with E-state index in [1.54, 1.807) is 24.2 Å². The zero-order valence-electron chi connectivity index (χ0n) is 11.5. The molecular weight excluding hydrogens is 271 g/mol. The monoisotopic (exact) mass is 292 g/mol. The van der Waals surface area contributed by atoms with Gasteiger partial charge in [-0.3, -0.25) is 4.90 Å². The average molecular weight is 292 g/mol. The normalized spacial score (nSPS) is 45.4. The number of aliphatic imine (C=N–C) groups is 1. The lowest BCUT2D eigenvalue weighted by atomic mass is 9.52. The second kappa shape index (κ2) is 5.00. The fourth-order valence-electron chi connectivity index (χ4n) is 5.33. The van der Waals surface area contributed by atoms with Gasteiger partial charge in [-0.05, 0) is 37.0 Å². The smallest absolute Gasteiger partial charge is 0.418 e.